The van der Waals surface area contributed by atoms with Crippen molar-refractivity contribution >= 4 is 0 Å². The smallest absolute Gasteiger partial charge is 0.0860 e. The third-order valence-electron chi connectivity index (χ3n) is 3.70. The molecule has 1 unspecified atom stereocenters. The van der Waals surface area contributed by atoms with E-state index in [0.717, 1.165) is 6.54 Å². The minimum Gasteiger partial charge on any atom is -0.390 e. The molecule has 0 spiro atoms. The van der Waals surface area contributed by atoms with Gasteiger partial charge in [0.15, 0.2) is 0 Å². The third kappa shape index (κ3) is 3.82. The van der Waals surface area contributed by atoms with E-state index in [2.05, 4.69) is 17.3 Å². The molecule has 1 aromatic rings. The Balaban J connectivity index is 1.64. The quantitative estimate of drug-likeness (QED) is 0.786. The van der Waals surface area contributed by atoms with E-state index in [1.165, 1.54) is 25.7 Å². The highest BCUT2D eigenvalue weighted by Crippen LogP contribution is 2.36. The second kappa shape index (κ2) is 5.65. The molecule has 1 atom stereocenters. The molecule has 1 heterocycles. The Kier molecular flexibility index (Phi) is 4.18. The van der Waals surface area contributed by atoms with Crippen LogP contribution in [0, 0.1) is 5.41 Å². The molecule has 96 valence electrons. The lowest BCUT2D eigenvalue weighted by Gasteiger charge is -2.24. The van der Waals surface area contributed by atoms with Crippen molar-refractivity contribution in [2.24, 2.45) is 5.41 Å². The van der Waals surface area contributed by atoms with Gasteiger partial charge in [-0.15, -0.1) is 0 Å². The van der Waals surface area contributed by atoms with Crippen molar-refractivity contribution in [1.82, 2.24) is 15.1 Å². The minimum atomic E-state index is -0.361. The minimum absolute atomic E-state index is 0.361. The van der Waals surface area contributed by atoms with Gasteiger partial charge in [-0.25, -0.2) is 0 Å². The average Bonchev–Trinajstić information content (AvgIpc) is 2.90. The van der Waals surface area contributed by atoms with Gasteiger partial charge in [0, 0.05) is 25.5 Å². The molecule has 0 radical (unpaired) electrons. The molecule has 0 aliphatic heterocycles. The van der Waals surface area contributed by atoms with Crippen LogP contribution in [0.2, 0.25) is 0 Å². The van der Waals surface area contributed by atoms with Crippen LogP contribution < -0.4 is 5.32 Å². The van der Waals surface area contributed by atoms with E-state index >= 15 is 0 Å². The summed E-state index contributed by atoms with van der Waals surface area (Å²) in [5.41, 5.74) is 0.450. The van der Waals surface area contributed by atoms with Crippen molar-refractivity contribution < 1.29 is 5.11 Å². The van der Waals surface area contributed by atoms with Crippen molar-refractivity contribution in [2.45, 2.75) is 45.3 Å². The number of aliphatic hydroxyl groups excluding tert-OH is 1. The van der Waals surface area contributed by atoms with Crippen LogP contribution in [0.1, 0.15) is 32.6 Å². The highest BCUT2D eigenvalue weighted by molar-refractivity contribution is 4.83. The molecule has 17 heavy (non-hydrogen) atoms. The summed E-state index contributed by atoms with van der Waals surface area (Å²) in [6, 6.07) is 1.87. The van der Waals surface area contributed by atoms with Gasteiger partial charge in [-0.1, -0.05) is 19.8 Å². The van der Waals surface area contributed by atoms with Crippen molar-refractivity contribution in [3.05, 3.63) is 18.5 Å². The van der Waals surface area contributed by atoms with Crippen LogP contribution in [-0.4, -0.2) is 34.1 Å². The first-order valence-electron chi connectivity index (χ1n) is 6.54. The molecule has 0 saturated heterocycles. The van der Waals surface area contributed by atoms with Crippen molar-refractivity contribution in [1.29, 1.82) is 0 Å². The first kappa shape index (κ1) is 12.6. The molecule has 1 aliphatic carbocycles. The summed E-state index contributed by atoms with van der Waals surface area (Å²) >= 11 is 0. The topological polar surface area (TPSA) is 50.1 Å². The Morgan fingerprint density at radius 2 is 2.24 bits per heavy atom. The summed E-state index contributed by atoms with van der Waals surface area (Å²) in [7, 11) is 0. The van der Waals surface area contributed by atoms with Gasteiger partial charge in [0.1, 0.15) is 0 Å². The van der Waals surface area contributed by atoms with E-state index in [9.17, 15) is 5.11 Å². The van der Waals surface area contributed by atoms with E-state index in [1.54, 1.807) is 10.9 Å². The van der Waals surface area contributed by atoms with Gasteiger partial charge < -0.3 is 10.4 Å². The summed E-state index contributed by atoms with van der Waals surface area (Å²) in [5, 5.41) is 17.3. The maximum atomic E-state index is 9.86. The zero-order chi connectivity index (χ0) is 12.1. The summed E-state index contributed by atoms with van der Waals surface area (Å²) in [6.45, 7) is 4.57. The van der Waals surface area contributed by atoms with E-state index in [-0.39, 0.29) is 6.10 Å². The second-order valence-corrected chi connectivity index (χ2v) is 5.53. The summed E-state index contributed by atoms with van der Waals surface area (Å²) < 4.78 is 1.77. The van der Waals surface area contributed by atoms with Gasteiger partial charge >= 0.3 is 0 Å². The van der Waals surface area contributed by atoms with Crippen molar-refractivity contribution in [3.8, 4) is 0 Å². The molecular weight excluding hydrogens is 214 g/mol. The molecule has 0 aromatic carbocycles. The normalized spacial score (nSPS) is 20.6. The van der Waals surface area contributed by atoms with Gasteiger partial charge in [-0.3, -0.25) is 4.68 Å². The molecule has 2 rings (SSSR count). The molecule has 4 heteroatoms. The highest BCUT2D eigenvalue weighted by atomic mass is 16.3. The molecule has 1 aromatic heterocycles. The van der Waals surface area contributed by atoms with Crippen molar-refractivity contribution in [3.63, 3.8) is 0 Å². The fourth-order valence-corrected chi connectivity index (χ4v) is 2.63. The second-order valence-electron chi connectivity index (χ2n) is 5.53. The first-order valence-corrected chi connectivity index (χ1v) is 6.54. The van der Waals surface area contributed by atoms with Crippen LogP contribution in [0.25, 0.3) is 0 Å². The Hall–Kier alpha value is -0.870. The summed E-state index contributed by atoms with van der Waals surface area (Å²) in [4.78, 5) is 0. The molecular formula is C13H23N3O. The Morgan fingerprint density at radius 3 is 2.88 bits per heavy atom. The summed E-state index contributed by atoms with van der Waals surface area (Å²) in [5.74, 6) is 0. The zero-order valence-electron chi connectivity index (χ0n) is 10.6. The molecule has 0 bridgehead atoms. The van der Waals surface area contributed by atoms with Gasteiger partial charge in [-0.2, -0.15) is 5.10 Å². The first-order chi connectivity index (χ1) is 8.18. The lowest BCUT2D eigenvalue weighted by atomic mass is 9.89. The maximum Gasteiger partial charge on any atom is 0.0860 e. The van der Waals surface area contributed by atoms with Gasteiger partial charge in [0.05, 0.1) is 12.6 Å². The molecule has 1 saturated carbocycles. The van der Waals surface area contributed by atoms with E-state index < -0.39 is 0 Å². The molecule has 2 N–H and O–H groups in total. The number of aromatic nitrogens is 2. The zero-order valence-corrected chi connectivity index (χ0v) is 10.6. The number of hydrogen-bond donors (Lipinski definition) is 2. The predicted molar refractivity (Wildman–Crippen MR) is 67.7 cm³/mol. The van der Waals surface area contributed by atoms with Crippen LogP contribution in [0.5, 0.6) is 0 Å². The average molecular weight is 237 g/mol. The Morgan fingerprint density at radius 1 is 1.47 bits per heavy atom. The lowest BCUT2D eigenvalue weighted by molar-refractivity contribution is 0.141. The molecule has 1 aliphatic rings. The Labute approximate surface area is 103 Å². The maximum absolute atomic E-state index is 9.86. The molecule has 0 amide bonds. The monoisotopic (exact) mass is 237 g/mol. The molecule has 4 nitrogen and oxygen atoms in total. The summed E-state index contributed by atoms with van der Waals surface area (Å²) in [6.07, 6.45) is 8.59. The van der Waals surface area contributed by atoms with Crippen LogP contribution in [0.15, 0.2) is 18.5 Å². The van der Waals surface area contributed by atoms with E-state index in [0.29, 0.717) is 18.5 Å². The number of nitrogens with zero attached hydrogens (tertiary/aromatic N) is 2. The fraction of sp³-hybridized carbons (Fsp3) is 0.769. The van der Waals surface area contributed by atoms with Crippen LogP contribution in [0.3, 0.4) is 0 Å². The van der Waals surface area contributed by atoms with Gasteiger partial charge in [0.25, 0.3) is 0 Å². The Bertz CT molecular complexity index is 317. The van der Waals surface area contributed by atoms with E-state index in [4.69, 9.17) is 0 Å². The fourth-order valence-electron chi connectivity index (χ4n) is 2.63. The highest BCUT2D eigenvalue weighted by Gasteiger charge is 2.28. The number of nitrogens with one attached hydrogen (secondary N) is 1. The van der Waals surface area contributed by atoms with Gasteiger partial charge in [0.2, 0.25) is 0 Å². The largest absolute Gasteiger partial charge is 0.390 e. The van der Waals surface area contributed by atoms with Crippen molar-refractivity contribution in [2.75, 3.05) is 13.1 Å². The third-order valence-corrected chi connectivity index (χ3v) is 3.70. The predicted octanol–water partition coefficient (Wildman–Crippen LogP) is 1.41. The standard InChI is InChI=1S/C13H23N3O/c1-13(5-2-3-6-13)11-14-9-12(17)10-16-8-4-7-15-16/h4,7-8,12,14,17H,2-3,5-6,9-11H2,1H3. The van der Waals surface area contributed by atoms with E-state index in [1.807, 2.05) is 12.3 Å². The molecule has 1 fully saturated rings. The SMILES string of the molecule is CC1(CNCC(O)Cn2cccn2)CCCC1. The van der Waals surface area contributed by atoms with Crippen LogP contribution in [-0.2, 0) is 6.54 Å². The lowest BCUT2D eigenvalue weighted by Crippen LogP contribution is -2.36. The number of hydrogen-bond acceptors (Lipinski definition) is 3. The number of aliphatic hydroxyl groups is 1. The van der Waals surface area contributed by atoms with Gasteiger partial charge in [-0.05, 0) is 24.3 Å². The van der Waals surface area contributed by atoms with Crippen LogP contribution >= 0.6 is 0 Å². The number of rotatable bonds is 6. The van der Waals surface area contributed by atoms with Crippen LogP contribution in [0.4, 0.5) is 0 Å².